The average molecular weight is 293 g/mol. The smallest absolute Gasteiger partial charge is 0.161 e. The van der Waals surface area contributed by atoms with Gasteiger partial charge < -0.3 is 20.4 Å². The lowest BCUT2D eigenvalue weighted by atomic mass is 9.98. The summed E-state index contributed by atoms with van der Waals surface area (Å²) in [5.41, 5.74) is 8.09. The number of ether oxygens (including phenoxy) is 2. The second-order valence-corrected chi connectivity index (χ2v) is 5.20. The minimum absolute atomic E-state index is 0.291. The molecule has 3 N–H and O–H groups in total. The van der Waals surface area contributed by atoms with E-state index in [0.29, 0.717) is 12.3 Å². The second kappa shape index (κ2) is 7.17. The number of amidine groups is 1. The molecule has 0 saturated carbocycles. The summed E-state index contributed by atoms with van der Waals surface area (Å²) < 4.78 is 10.7. The quantitative estimate of drug-likeness (QED) is 0.360. The molecule has 2 rings (SSSR count). The fraction of sp³-hybridized carbons (Fsp3) is 0.533. The van der Waals surface area contributed by atoms with E-state index in [-0.39, 0.29) is 0 Å². The lowest BCUT2D eigenvalue weighted by Gasteiger charge is -2.29. The average Bonchev–Trinajstić information content (AvgIpc) is 2.53. The van der Waals surface area contributed by atoms with Crippen LogP contribution in [0.3, 0.4) is 0 Å². The Labute approximate surface area is 125 Å². The van der Waals surface area contributed by atoms with Crippen LogP contribution in [0.25, 0.3) is 0 Å². The lowest BCUT2D eigenvalue weighted by Crippen LogP contribution is -2.32. The molecule has 0 aromatic heterocycles. The molecule has 1 aliphatic rings. The number of benzene rings is 1. The Morgan fingerprint density at radius 2 is 1.95 bits per heavy atom. The van der Waals surface area contributed by atoms with E-state index in [1.165, 1.54) is 11.1 Å². The zero-order chi connectivity index (χ0) is 15.2. The van der Waals surface area contributed by atoms with Gasteiger partial charge in [0.15, 0.2) is 11.5 Å². The molecule has 6 nitrogen and oxygen atoms in total. The van der Waals surface area contributed by atoms with E-state index in [4.69, 9.17) is 20.4 Å². The van der Waals surface area contributed by atoms with Crippen molar-refractivity contribution in [3.05, 3.63) is 23.3 Å². The van der Waals surface area contributed by atoms with E-state index < -0.39 is 0 Å². The summed E-state index contributed by atoms with van der Waals surface area (Å²) in [6, 6.07) is 4.13. The fourth-order valence-corrected chi connectivity index (χ4v) is 2.67. The lowest BCUT2D eigenvalue weighted by molar-refractivity contribution is 0.250. The summed E-state index contributed by atoms with van der Waals surface area (Å²) in [4.78, 5) is 2.37. The molecule has 0 atom stereocenters. The van der Waals surface area contributed by atoms with E-state index in [1.54, 1.807) is 14.2 Å². The van der Waals surface area contributed by atoms with E-state index >= 15 is 0 Å². The van der Waals surface area contributed by atoms with Gasteiger partial charge in [0.1, 0.15) is 5.84 Å². The molecule has 1 aromatic rings. The van der Waals surface area contributed by atoms with Crippen molar-refractivity contribution in [1.29, 1.82) is 0 Å². The number of methoxy groups -OCH3 is 2. The van der Waals surface area contributed by atoms with Gasteiger partial charge in [0.25, 0.3) is 0 Å². The van der Waals surface area contributed by atoms with Gasteiger partial charge in [-0.05, 0) is 42.6 Å². The van der Waals surface area contributed by atoms with Crippen LogP contribution in [0.1, 0.15) is 24.0 Å². The third-order valence-corrected chi connectivity index (χ3v) is 3.83. The van der Waals surface area contributed by atoms with Gasteiger partial charge in [0.05, 0.1) is 14.2 Å². The molecular weight excluding hydrogens is 270 g/mol. The normalized spacial score (nSPS) is 15.6. The Morgan fingerprint density at radius 1 is 1.29 bits per heavy atom. The number of oxime groups is 1. The maximum absolute atomic E-state index is 8.53. The summed E-state index contributed by atoms with van der Waals surface area (Å²) in [6.45, 7) is 2.84. The Bertz CT molecular complexity index is 517. The summed E-state index contributed by atoms with van der Waals surface area (Å²) in [5.74, 6) is 1.85. The number of nitrogens with zero attached hydrogens (tertiary/aromatic N) is 2. The van der Waals surface area contributed by atoms with Crippen LogP contribution in [0.15, 0.2) is 17.3 Å². The molecule has 1 aliphatic heterocycles. The Morgan fingerprint density at radius 3 is 2.57 bits per heavy atom. The van der Waals surface area contributed by atoms with Crippen LogP contribution in [-0.2, 0) is 13.0 Å². The zero-order valence-electron chi connectivity index (χ0n) is 12.6. The minimum Gasteiger partial charge on any atom is -0.493 e. The third-order valence-electron chi connectivity index (χ3n) is 3.83. The number of fused-ring (bicyclic) bond motifs is 1. The highest BCUT2D eigenvalue weighted by Crippen LogP contribution is 2.33. The van der Waals surface area contributed by atoms with Gasteiger partial charge in [-0.15, -0.1) is 0 Å². The Hall–Kier alpha value is -1.95. The topological polar surface area (TPSA) is 80.3 Å². The summed E-state index contributed by atoms with van der Waals surface area (Å²) in [5, 5.41) is 11.5. The van der Waals surface area contributed by atoms with Crippen LogP contribution in [0.2, 0.25) is 0 Å². The van der Waals surface area contributed by atoms with Crippen molar-refractivity contribution in [3.63, 3.8) is 0 Å². The van der Waals surface area contributed by atoms with Crippen molar-refractivity contribution in [2.45, 2.75) is 25.8 Å². The van der Waals surface area contributed by atoms with Crippen molar-refractivity contribution in [2.24, 2.45) is 10.9 Å². The van der Waals surface area contributed by atoms with E-state index in [2.05, 4.69) is 22.2 Å². The molecule has 0 spiro atoms. The predicted molar refractivity (Wildman–Crippen MR) is 81.2 cm³/mol. The zero-order valence-corrected chi connectivity index (χ0v) is 12.6. The van der Waals surface area contributed by atoms with Crippen LogP contribution >= 0.6 is 0 Å². The molecule has 0 aliphatic carbocycles. The monoisotopic (exact) mass is 293 g/mol. The number of nitrogens with two attached hydrogens (primary N) is 1. The van der Waals surface area contributed by atoms with Crippen LogP contribution in [-0.4, -0.2) is 43.3 Å². The van der Waals surface area contributed by atoms with Gasteiger partial charge in [-0.1, -0.05) is 5.16 Å². The molecular formula is C15H23N3O3. The first-order chi connectivity index (χ1) is 10.2. The standard InChI is InChI=1S/C15H23N3O3/c1-20-13-8-11-5-7-18(6-3-4-15(16)17-19)10-12(11)9-14(13)21-2/h8-9,19H,3-7,10H2,1-2H3,(H2,16,17). The van der Waals surface area contributed by atoms with Gasteiger partial charge >= 0.3 is 0 Å². The van der Waals surface area contributed by atoms with E-state index in [0.717, 1.165) is 44.0 Å². The van der Waals surface area contributed by atoms with Crippen molar-refractivity contribution in [2.75, 3.05) is 27.3 Å². The molecule has 0 saturated heterocycles. The van der Waals surface area contributed by atoms with Gasteiger partial charge in [0, 0.05) is 19.5 Å². The third kappa shape index (κ3) is 3.78. The SMILES string of the molecule is COc1cc2c(cc1OC)CN(CCC/C(N)=N/O)CC2. The molecule has 116 valence electrons. The molecule has 1 aromatic carbocycles. The molecule has 0 unspecified atom stereocenters. The van der Waals surface area contributed by atoms with Crippen molar-refractivity contribution in [3.8, 4) is 11.5 Å². The summed E-state index contributed by atoms with van der Waals surface area (Å²) in [7, 11) is 3.31. The minimum atomic E-state index is 0.291. The van der Waals surface area contributed by atoms with Gasteiger partial charge in [0.2, 0.25) is 0 Å². The first-order valence-corrected chi connectivity index (χ1v) is 7.10. The van der Waals surface area contributed by atoms with Crippen LogP contribution in [0, 0.1) is 0 Å². The predicted octanol–water partition coefficient (Wildman–Crippen LogP) is 1.59. The van der Waals surface area contributed by atoms with E-state index in [1.807, 2.05) is 0 Å². The van der Waals surface area contributed by atoms with Crippen LogP contribution < -0.4 is 15.2 Å². The van der Waals surface area contributed by atoms with Crippen molar-refractivity contribution >= 4 is 5.84 Å². The second-order valence-electron chi connectivity index (χ2n) is 5.20. The molecule has 0 amide bonds. The fourth-order valence-electron chi connectivity index (χ4n) is 2.67. The van der Waals surface area contributed by atoms with Crippen molar-refractivity contribution < 1.29 is 14.7 Å². The maximum Gasteiger partial charge on any atom is 0.161 e. The molecule has 0 radical (unpaired) electrons. The molecule has 0 bridgehead atoms. The molecule has 1 heterocycles. The van der Waals surface area contributed by atoms with Gasteiger partial charge in [-0.25, -0.2) is 0 Å². The first-order valence-electron chi connectivity index (χ1n) is 7.10. The van der Waals surface area contributed by atoms with E-state index in [9.17, 15) is 0 Å². The van der Waals surface area contributed by atoms with Gasteiger partial charge in [-0.3, -0.25) is 4.90 Å². The molecule has 0 fully saturated rings. The molecule has 21 heavy (non-hydrogen) atoms. The summed E-state index contributed by atoms with van der Waals surface area (Å²) >= 11 is 0. The number of hydrogen-bond donors (Lipinski definition) is 2. The molecule has 6 heteroatoms. The van der Waals surface area contributed by atoms with Crippen molar-refractivity contribution in [1.82, 2.24) is 4.90 Å². The maximum atomic E-state index is 8.53. The number of hydrogen-bond acceptors (Lipinski definition) is 5. The van der Waals surface area contributed by atoms with Gasteiger partial charge in [-0.2, -0.15) is 0 Å². The van der Waals surface area contributed by atoms with Crippen LogP contribution in [0.4, 0.5) is 0 Å². The largest absolute Gasteiger partial charge is 0.493 e. The Kier molecular flexibility index (Phi) is 5.27. The highest BCUT2D eigenvalue weighted by molar-refractivity contribution is 5.79. The van der Waals surface area contributed by atoms with Crippen LogP contribution in [0.5, 0.6) is 11.5 Å². The Balaban J connectivity index is 1.99. The highest BCUT2D eigenvalue weighted by atomic mass is 16.5. The first kappa shape index (κ1) is 15.4. The number of rotatable bonds is 6. The highest BCUT2D eigenvalue weighted by Gasteiger charge is 2.19. The summed E-state index contributed by atoms with van der Waals surface area (Å²) in [6.07, 6.45) is 2.50.